The van der Waals surface area contributed by atoms with Crippen molar-refractivity contribution in [3.05, 3.63) is 35.4 Å². The Balaban J connectivity index is 1.42. The Bertz CT molecular complexity index is 789. The van der Waals surface area contributed by atoms with Crippen LogP contribution in [0.4, 0.5) is 0 Å². The van der Waals surface area contributed by atoms with Crippen molar-refractivity contribution in [1.82, 2.24) is 19.6 Å². The van der Waals surface area contributed by atoms with Gasteiger partial charge < -0.3 is 5.32 Å². The van der Waals surface area contributed by atoms with Crippen molar-refractivity contribution in [2.45, 2.75) is 37.3 Å². The topological polar surface area (TPSA) is 49.6 Å². The summed E-state index contributed by atoms with van der Waals surface area (Å²) < 4.78 is 1.77. The van der Waals surface area contributed by atoms with Crippen molar-refractivity contribution in [2.24, 2.45) is 5.92 Å². The van der Waals surface area contributed by atoms with Crippen LogP contribution in [0.1, 0.15) is 36.2 Å². The summed E-state index contributed by atoms with van der Waals surface area (Å²) in [6.07, 6.45) is 6.46. The van der Waals surface area contributed by atoms with Crippen molar-refractivity contribution < 1.29 is 4.79 Å². The minimum Gasteiger partial charge on any atom is -0.346 e. The highest BCUT2D eigenvalue weighted by atomic mass is 35.5. The molecule has 2 aromatic heterocycles. The summed E-state index contributed by atoms with van der Waals surface area (Å²) in [5.41, 5.74) is 1.61. The summed E-state index contributed by atoms with van der Waals surface area (Å²) >= 11 is 6.07. The lowest BCUT2D eigenvalue weighted by Gasteiger charge is -2.52. The van der Waals surface area contributed by atoms with Gasteiger partial charge in [0.05, 0.1) is 11.6 Å². The third-order valence-electron chi connectivity index (χ3n) is 6.00. The van der Waals surface area contributed by atoms with E-state index in [1.807, 2.05) is 18.2 Å². The summed E-state index contributed by atoms with van der Waals surface area (Å²) in [6, 6.07) is 5.80. The molecule has 1 amide bonds. The zero-order valence-corrected chi connectivity index (χ0v) is 13.6. The van der Waals surface area contributed by atoms with Gasteiger partial charge in [0, 0.05) is 5.54 Å². The third kappa shape index (κ3) is 1.96. The molecule has 3 aliphatic heterocycles. The molecule has 2 aromatic rings. The van der Waals surface area contributed by atoms with Gasteiger partial charge in [0.25, 0.3) is 5.91 Å². The SMILES string of the molecule is O=C(N[C@H]1C2CCN(CC2)C12CC2)c1cc2ccc(Cl)n2cn1. The van der Waals surface area contributed by atoms with Gasteiger partial charge in [-0.3, -0.25) is 14.1 Å². The maximum Gasteiger partial charge on any atom is 0.270 e. The summed E-state index contributed by atoms with van der Waals surface area (Å²) in [5, 5.41) is 3.91. The fraction of sp³-hybridized carbons (Fsp3) is 0.529. The Kier molecular flexibility index (Phi) is 2.83. The monoisotopic (exact) mass is 330 g/mol. The molecule has 6 rings (SSSR count). The normalized spacial score (nSPS) is 30.7. The van der Waals surface area contributed by atoms with Gasteiger partial charge in [-0.1, -0.05) is 11.6 Å². The fourth-order valence-electron chi connectivity index (χ4n) is 4.64. The maximum absolute atomic E-state index is 12.7. The summed E-state index contributed by atoms with van der Waals surface area (Å²) in [4.78, 5) is 19.6. The van der Waals surface area contributed by atoms with Crippen LogP contribution in [0.2, 0.25) is 5.15 Å². The van der Waals surface area contributed by atoms with Crippen LogP contribution in [0.25, 0.3) is 5.52 Å². The van der Waals surface area contributed by atoms with Crippen LogP contribution in [0, 0.1) is 5.92 Å². The molecule has 0 radical (unpaired) electrons. The predicted octanol–water partition coefficient (Wildman–Crippen LogP) is 2.34. The number of hydrogen-bond donors (Lipinski definition) is 1. The Labute approximate surface area is 139 Å². The molecule has 4 fully saturated rings. The highest BCUT2D eigenvalue weighted by molar-refractivity contribution is 6.30. The van der Waals surface area contributed by atoms with Gasteiger partial charge in [0.15, 0.2) is 0 Å². The molecule has 1 atom stereocenters. The van der Waals surface area contributed by atoms with E-state index in [2.05, 4.69) is 15.2 Å². The van der Waals surface area contributed by atoms with E-state index in [0.29, 0.717) is 16.8 Å². The number of amides is 1. The number of hydrogen-bond acceptors (Lipinski definition) is 3. The van der Waals surface area contributed by atoms with Crippen molar-refractivity contribution in [3.8, 4) is 0 Å². The molecule has 4 aliphatic rings. The van der Waals surface area contributed by atoms with Crippen LogP contribution in [-0.4, -0.2) is 44.9 Å². The van der Waals surface area contributed by atoms with E-state index in [0.717, 1.165) is 5.52 Å². The van der Waals surface area contributed by atoms with E-state index in [-0.39, 0.29) is 17.5 Å². The number of fused-ring (bicyclic) bond motifs is 3. The molecule has 3 saturated heterocycles. The van der Waals surface area contributed by atoms with Gasteiger partial charge in [0.1, 0.15) is 17.2 Å². The highest BCUT2D eigenvalue weighted by Gasteiger charge is 2.60. The molecule has 2 bridgehead atoms. The first kappa shape index (κ1) is 13.8. The predicted molar refractivity (Wildman–Crippen MR) is 87.7 cm³/mol. The third-order valence-corrected chi connectivity index (χ3v) is 6.31. The molecule has 120 valence electrons. The number of nitrogens with zero attached hydrogens (tertiary/aromatic N) is 3. The van der Waals surface area contributed by atoms with Gasteiger partial charge in [-0.05, 0) is 62.9 Å². The van der Waals surface area contributed by atoms with Crippen molar-refractivity contribution in [2.75, 3.05) is 13.1 Å². The molecule has 6 heteroatoms. The Hall–Kier alpha value is -1.59. The van der Waals surface area contributed by atoms with E-state index in [1.54, 1.807) is 10.7 Å². The number of halogens is 1. The zero-order chi connectivity index (χ0) is 15.6. The van der Waals surface area contributed by atoms with E-state index < -0.39 is 0 Å². The average Bonchev–Trinajstić information content (AvgIpc) is 3.28. The molecule has 0 unspecified atom stereocenters. The summed E-state index contributed by atoms with van der Waals surface area (Å²) in [7, 11) is 0. The van der Waals surface area contributed by atoms with E-state index in [4.69, 9.17) is 11.6 Å². The Morgan fingerprint density at radius 1 is 1.30 bits per heavy atom. The average molecular weight is 331 g/mol. The Morgan fingerprint density at radius 3 is 2.83 bits per heavy atom. The summed E-state index contributed by atoms with van der Waals surface area (Å²) in [6.45, 7) is 2.40. The molecular weight excluding hydrogens is 312 g/mol. The molecule has 23 heavy (non-hydrogen) atoms. The summed E-state index contributed by atoms with van der Waals surface area (Å²) in [5.74, 6) is 0.563. The number of aromatic nitrogens is 2. The quantitative estimate of drug-likeness (QED) is 0.919. The first-order valence-corrected chi connectivity index (χ1v) is 8.74. The molecule has 0 aromatic carbocycles. The van der Waals surface area contributed by atoms with Crippen molar-refractivity contribution >= 4 is 23.0 Å². The standard InChI is InChI=1S/C17H19ClN4O/c18-14-2-1-12-9-13(19-10-22(12)14)16(23)20-15-11-3-7-21(8-4-11)17(15)5-6-17/h1-2,9-11,15H,3-8H2,(H,20,23)/t15-/m0/s1. The van der Waals surface area contributed by atoms with Gasteiger partial charge >= 0.3 is 0 Å². The number of piperidine rings is 3. The van der Waals surface area contributed by atoms with E-state index in [1.165, 1.54) is 38.8 Å². The second kappa shape index (κ2) is 4.71. The molecule has 5 nitrogen and oxygen atoms in total. The van der Waals surface area contributed by atoms with E-state index >= 15 is 0 Å². The van der Waals surface area contributed by atoms with Gasteiger partial charge in [0.2, 0.25) is 0 Å². The minimum absolute atomic E-state index is 0.0603. The molecular formula is C17H19ClN4O. The molecule has 1 aliphatic carbocycles. The van der Waals surface area contributed by atoms with Crippen LogP contribution in [-0.2, 0) is 0 Å². The molecule has 1 saturated carbocycles. The lowest BCUT2D eigenvalue weighted by molar-refractivity contribution is -0.00152. The number of rotatable bonds is 2. The van der Waals surface area contributed by atoms with Crippen LogP contribution >= 0.6 is 11.6 Å². The maximum atomic E-state index is 12.7. The van der Waals surface area contributed by atoms with Crippen molar-refractivity contribution in [3.63, 3.8) is 0 Å². The lowest BCUT2D eigenvalue weighted by atomic mass is 9.77. The smallest absolute Gasteiger partial charge is 0.270 e. The van der Waals surface area contributed by atoms with Gasteiger partial charge in [-0.15, -0.1) is 0 Å². The zero-order valence-electron chi connectivity index (χ0n) is 12.8. The minimum atomic E-state index is -0.0603. The van der Waals surface area contributed by atoms with Gasteiger partial charge in [-0.25, -0.2) is 4.98 Å². The fourth-order valence-corrected chi connectivity index (χ4v) is 4.84. The second-order valence-electron chi connectivity index (χ2n) is 7.10. The number of carbonyl (C=O) groups is 1. The molecule has 5 heterocycles. The number of carbonyl (C=O) groups excluding carboxylic acids is 1. The van der Waals surface area contributed by atoms with Crippen LogP contribution in [0.3, 0.4) is 0 Å². The van der Waals surface area contributed by atoms with Crippen LogP contribution in [0.15, 0.2) is 24.5 Å². The first-order chi connectivity index (χ1) is 11.2. The van der Waals surface area contributed by atoms with Crippen LogP contribution < -0.4 is 5.32 Å². The largest absolute Gasteiger partial charge is 0.346 e. The van der Waals surface area contributed by atoms with E-state index in [9.17, 15) is 4.79 Å². The van der Waals surface area contributed by atoms with Crippen molar-refractivity contribution in [1.29, 1.82) is 0 Å². The van der Waals surface area contributed by atoms with Gasteiger partial charge in [-0.2, -0.15) is 0 Å². The molecule has 1 N–H and O–H groups in total. The second-order valence-corrected chi connectivity index (χ2v) is 7.49. The Morgan fingerprint density at radius 2 is 2.09 bits per heavy atom. The molecule has 1 spiro atoms. The first-order valence-electron chi connectivity index (χ1n) is 8.36. The highest BCUT2D eigenvalue weighted by Crippen LogP contribution is 2.53. The number of nitrogens with one attached hydrogen (secondary N) is 1. The lowest BCUT2D eigenvalue weighted by Crippen LogP contribution is -2.65. The van der Waals surface area contributed by atoms with Crippen LogP contribution in [0.5, 0.6) is 0 Å².